The van der Waals surface area contributed by atoms with E-state index >= 15 is 0 Å². The molecule has 2 atom stereocenters. The topological polar surface area (TPSA) is 110 Å². The van der Waals surface area contributed by atoms with Crippen molar-refractivity contribution in [1.82, 2.24) is 0 Å². The number of carbonyl (C=O) groups is 2. The zero-order valence-electron chi connectivity index (χ0n) is 19.9. The number of nitrogens with one attached hydrogen (secondary N) is 2. The molecule has 182 valence electrons. The van der Waals surface area contributed by atoms with Crippen LogP contribution in [0, 0.1) is 0 Å². The van der Waals surface area contributed by atoms with E-state index in [0.717, 1.165) is 22.3 Å². The summed E-state index contributed by atoms with van der Waals surface area (Å²) < 4.78 is 0. The van der Waals surface area contributed by atoms with Gasteiger partial charge in [-0.15, -0.1) is 0 Å². The van der Waals surface area contributed by atoms with E-state index in [9.17, 15) is 9.59 Å². The van der Waals surface area contributed by atoms with E-state index in [1.165, 1.54) is 0 Å². The van der Waals surface area contributed by atoms with Gasteiger partial charge < -0.3 is 22.1 Å². The van der Waals surface area contributed by atoms with Crippen molar-refractivity contribution in [3.05, 3.63) is 120 Å². The molecule has 0 saturated carbocycles. The maximum atomic E-state index is 12.9. The van der Waals surface area contributed by atoms with Crippen LogP contribution in [0.1, 0.15) is 11.1 Å². The first-order valence-corrected chi connectivity index (χ1v) is 11.9. The number of anilines is 2. The molecular formula is C30H30N4O2. The average molecular weight is 479 g/mol. The van der Waals surface area contributed by atoms with Crippen LogP contribution in [0.5, 0.6) is 0 Å². The summed E-state index contributed by atoms with van der Waals surface area (Å²) in [6, 6.07) is 32.8. The summed E-state index contributed by atoms with van der Waals surface area (Å²) in [5.41, 5.74) is 17.1. The Kier molecular flexibility index (Phi) is 8.24. The predicted octanol–water partition coefficient (Wildman–Crippen LogP) is 4.37. The minimum atomic E-state index is -0.702. The molecule has 0 aromatic heterocycles. The predicted molar refractivity (Wildman–Crippen MR) is 145 cm³/mol. The van der Waals surface area contributed by atoms with Gasteiger partial charge in [-0.05, 0) is 36.1 Å². The van der Waals surface area contributed by atoms with Crippen molar-refractivity contribution in [1.29, 1.82) is 0 Å². The molecule has 0 spiro atoms. The highest BCUT2D eigenvalue weighted by Crippen LogP contribution is 2.33. The summed E-state index contributed by atoms with van der Waals surface area (Å²) >= 11 is 0. The molecule has 0 heterocycles. The fourth-order valence-electron chi connectivity index (χ4n) is 4.03. The first-order chi connectivity index (χ1) is 17.5. The molecule has 0 bridgehead atoms. The molecule has 0 saturated heterocycles. The fraction of sp³-hybridized carbons (Fsp3) is 0.133. The number of para-hydroxylation sites is 2. The van der Waals surface area contributed by atoms with E-state index in [1.807, 2.05) is 109 Å². The van der Waals surface area contributed by atoms with Gasteiger partial charge in [-0.3, -0.25) is 9.59 Å². The molecule has 4 aromatic rings. The van der Waals surface area contributed by atoms with Crippen molar-refractivity contribution < 1.29 is 9.59 Å². The van der Waals surface area contributed by atoms with Crippen LogP contribution in [0.2, 0.25) is 0 Å². The SMILES string of the molecule is NC(Cc1ccccc1)C(=O)Nc1ccccc1-c1ccccc1NC(=O)C(N)Cc1ccccc1. The van der Waals surface area contributed by atoms with Crippen LogP contribution in [-0.2, 0) is 22.4 Å². The number of carbonyl (C=O) groups excluding carboxylic acids is 2. The van der Waals surface area contributed by atoms with E-state index in [1.54, 1.807) is 0 Å². The third-order valence-electron chi connectivity index (χ3n) is 5.93. The number of nitrogens with two attached hydrogens (primary N) is 2. The van der Waals surface area contributed by atoms with Crippen LogP contribution in [0.25, 0.3) is 11.1 Å². The molecule has 2 unspecified atom stereocenters. The lowest BCUT2D eigenvalue weighted by atomic mass is 10.00. The van der Waals surface area contributed by atoms with Gasteiger partial charge in [0.15, 0.2) is 0 Å². The van der Waals surface area contributed by atoms with Gasteiger partial charge in [0, 0.05) is 22.5 Å². The molecule has 2 amide bonds. The maximum Gasteiger partial charge on any atom is 0.241 e. The standard InChI is InChI=1S/C30H30N4O2/c31-25(19-21-11-3-1-4-12-21)29(35)33-27-17-9-7-15-23(27)24-16-8-10-18-28(24)34-30(36)26(32)20-22-13-5-2-6-14-22/h1-18,25-26H,19-20,31-32H2,(H,33,35)(H,34,36). The molecule has 6 N–H and O–H groups in total. The Morgan fingerprint density at radius 1 is 0.528 bits per heavy atom. The first kappa shape index (κ1) is 24.9. The molecule has 0 fully saturated rings. The zero-order chi connectivity index (χ0) is 25.3. The van der Waals surface area contributed by atoms with Gasteiger partial charge in [0.05, 0.1) is 12.1 Å². The van der Waals surface area contributed by atoms with Gasteiger partial charge in [0.25, 0.3) is 0 Å². The quantitative estimate of drug-likeness (QED) is 0.286. The van der Waals surface area contributed by atoms with Gasteiger partial charge in [-0.2, -0.15) is 0 Å². The summed E-state index contributed by atoms with van der Waals surface area (Å²) in [5.74, 6) is -0.560. The minimum Gasteiger partial charge on any atom is -0.324 e. The van der Waals surface area contributed by atoms with Crippen LogP contribution in [0.15, 0.2) is 109 Å². The number of hydrogen-bond acceptors (Lipinski definition) is 4. The van der Waals surface area contributed by atoms with Crippen LogP contribution < -0.4 is 22.1 Å². The van der Waals surface area contributed by atoms with Crippen molar-refractivity contribution in [3.8, 4) is 11.1 Å². The van der Waals surface area contributed by atoms with Crippen LogP contribution in [-0.4, -0.2) is 23.9 Å². The summed E-state index contributed by atoms with van der Waals surface area (Å²) in [5, 5.41) is 5.93. The molecule has 6 heteroatoms. The highest BCUT2D eigenvalue weighted by atomic mass is 16.2. The van der Waals surface area contributed by atoms with Crippen molar-refractivity contribution in [2.45, 2.75) is 24.9 Å². The van der Waals surface area contributed by atoms with E-state index in [2.05, 4.69) is 10.6 Å². The third kappa shape index (κ3) is 6.44. The number of rotatable bonds is 9. The van der Waals surface area contributed by atoms with E-state index in [0.29, 0.717) is 24.2 Å². The van der Waals surface area contributed by atoms with Gasteiger partial charge in [-0.25, -0.2) is 0 Å². The average Bonchev–Trinajstić information content (AvgIpc) is 2.90. The Balaban J connectivity index is 1.50. The second kappa shape index (κ2) is 11.9. The molecule has 0 radical (unpaired) electrons. The second-order valence-electron chi connectivity index (χ2n) is 8.66. The summed E-state index contributed by atoms with van der Waals surface area (Å²) in [6.07, 6.45) is 0.863. The van der Waals surface area contributed by atoms with Crippen molar-refractivity contribution in [2.24, 2.45) is 11.5 Å². The smallest absolute Gasteiger partial charge is 0.241 e. The summed E-state index contributed by atoms with van der Waals surface area (Å²) in [7, 11) is 0. The largest absolute Gasteiger partial charge is 0.324 e. The molecule has 0 aliphatic rings. The normalized spacial score (nSPS) is 12.4. The maximum absolute atomic E-state index is 12.9. The number of hydrogen-bond donors (Lipinski definition) is 4. The monoisotopic (exact) mass is 478 g/mol. The van der Waals surface area contributed by atoms with E-state index < -0.39 is 12.1 Å². The minimum absolute atomic E-state index is 0.280. The van der Waals surface area contributed by atoms with E-state index in [-0.39, 0.29) is 11.8 Å². The Bertz CT molecular complexity index is 1210. The lowest BCUT2D eigenvalue weighted by molar-refractivity contribution is -0.118. The number of amides is 2. The van der Waals surface area contributed by atoms with Crippen LogP contribution >= 0.6 is 0 Å². The lowest BCUT2D eigenvalue weighted by Gasteiger charge is -2.18. The molecule has 4 aromatic carbocycles. The van der Waals surface area contributed by atoms with E-state index in [4.69, 9.17) is 11.5 Å². The van der Waals surface area contributed by atoms with Crippen LogP contribution in [0.3, 0.4) is 0 Å². The zero-order valence-corrected chi connectivity index (χ0v) is 19.9. The molecule has 4 rings (SSSR count). The van der Waals surface area contributed by atoms with Crippen LogP contribution in [0.4, 0.5) is 11.4 Å². The van der Waals surface area contributed by atoms with Crippen molar-refractivity contribution in [2.75, 3.05) is 10.6 Å². The van der Waals surface area contributed by atoms with Gasteiger partial charge in [-0.1, -0.05) is 97.1 Å². The summed E-state index contributed by atoms with van der Waals surface area (Å²) in [4.78, 5) is 25.8. The Labute approximate surface area is 211 Å². The van der Waals surface area contributed by atoms with Crippen molar-refractivity contribution in [3.63, 3.8) is 0 Å². The fourth-order valence-corrected chi connectivity index (χ4v) is 4.03. The highest BCUT2D eigenvalue weighted by Gasteiger charge is 2.19. The van der Waals surface area contributed by atoms with Gasteiger partial charge >= 0.3 is 0 Å². The third-order valence-corrected chi connectivity index (χ3v) is 5.93. The van der Waals surface area contributed by atoms with Crippen molar-refractivity contribution >= 4 is 23.2 Å². The first-order valence-electron chi connectivity index (χ1n) is 11.9. The molecule has 6 nitrogen and oxygen atoms in total. The van der Waals surface area contributed by atoms with Gasteiger partial charge in [0.1, 0.15) is 0 Å². The molecule has 0 aliphatic heterocycles. The lowest BCUT2D eigenvalue weighted by Crippen LogP contribution is -2.37. The second-order valence-corrected chi connectivity index (χ2v) is 8.66. The highest BCUT2D eigenvalue weighted by molar-refractivity contribution is 6.02. The Morgan fingerprint density at radius 3 is 1.25 bits per heavy atom. The number of benzene rings is 4. The Morgan fingerprint density at radius 2 is 0.861 bits per heavy atom. The molecule has 0 aliphatic carbocycles. The van der Waals surface area contributed by atoms with Gasteiger partial charge in [0.2, 0.25) is 11.8 Å². The molecular weight excluding hydrogens is 448 g/mol. The summed E-state index contributed by atoms with van der Waals surface area (Å²) in [6.45, 7) is 0. The molecule has 36 heavy (non-hydrogen) atoms. The Hall–Kier alpha value is -4.26.